The second-order valence-electron chi connectivity index (χ2n) is 5.49. The van der Waals surface area contributed by atoms with Gasteiger partial charge in [-0.1, -0.05) is 12.1 Å². The third-order valence-electron chi connectivity index (χ3n) is 4.21. The molecule has 1 spiro atoms. The number of halogens is 1. The highest BCUT2D eigenvalue weighted by Crippen LogP contribution is 2.39. The normalized spacial score (nSPS) is 27.4. The van der Waals surface area contributed by atoms with E-state index in [1.54, 1.807) is 18.2 Å². The summed E-state index contributed by atoms with van der Waals surface area (Å²) >= 11 is 1.96. The quantitative estimate of drug-likeness (QED) is 0.837. The van der Waals surface area contributed by atoms with Crippen LogP contribution in [0.5, 0.6) is 0 Å². The lowest BCUT2D eigenvalue weighted by Crippen LogP contribution is -2.45. The number of thioether (sulfide) groups is 1. The largest absolute Gasteiger partial charge is 0.375 e. The molecule has 2 nitrogen and oxygen atoms in total. The first-order chi connectivity index (χ1) is 9.70. The van der Waals surface area contributed by atoms with Gasteiger partial charge in [-0.05, 0) is 49.3 Å². The molecular formula is C15H19FO2S2. The molecule has 0 radical (unpaired) electrons. The minimum Gasteiger partial charge on any atom is -0.375 e. The van der Waals surface area contributed by atoms with E-state index in [1.807, 2.05) is 11.8 Å². The van der Waals surface area contributed by atoms with Crippen molar-refractivity contribution in [1.82, 2.24) is 0 Å². The second kappa shape index (κ2) is 6.16. The van der Waals surface area contributed by atoms with Crippen molar-refractivity contribution in [2.24, 2.45) is 0 Å². The molecule has 5 heteroatoms. The van der Waals surface area contributed by atoms with Crippen molar-refractivity contribution in [3.8, 4) is 0 Å². The first kappa shape index (κ1) is 14.5. The Balaban J connectivity index is 1.77. The van der Waals surface area contributed by atoms with E-state index in [0.29, 0.717) is 11.5 Å². The molecule has 0 N–H and O–H groups in total. The van der Waals surface area contributed by atoms with Crippen molar-refractivity contribution < 1.29 is 13.3 Å². The van der Waals surface area contributed by atoms with E-state index < -0.39 is 10.8 Å². The SMILES string of the molecule is O=S(c1ccccc1F)C1CCOC2(CCSCC2)C1. The van der Waals surface area contributed by atoms with E-state index in [-0.39, 0.29) is 16.7 Å². The molecule has 2 unspecified atom stereocenters. The van der Waals surface area contributed by atoms with E-state index in [1.165, 1.54) is 6.07 Å². The van der Waals surface area contributed by atoms with Crippen molar-refractivity contribution in [1.29, 1.82) is 0 Å². The molecule has 2 heterocycles. The Kier molecular flexibility index (Phi) is 4.48. The van der Waals surface area contributed by atoms with Gasteiger partial charge in [0.15, 0.2) is 0 Å². The molecule has 2 aliphatic heterocycles. The lowest BCUT2D eigenvalue weighted by atomic mass is 9.88. The van der Waals surface area contributed by atoms with Crippen molar-refractivity contribution in [3.63, 3.8) is 0 Å². The lowest BCUT2D eigenvalue weighted by molar-refractivity contribution is -0.0809. The first-order valence-corrected chi connectivity index (χ1v) is 9.44. The molecule has 2 atom stereocenters. The van der Waals surface area contributed by atoms with Gasteiger partial charge in [0.25, 0.3) is 0 Å². The molecule has 110 valence electrons. The second-order valence-corrected chi connectivity index (χ2v) is 8.41. The summed E-state index contributed by atoms with van der Waals surface area (Å²) in [7, 11) is -1.27. The highest BCUT2D eigenvalue weighted by molar-refractivity contribution is 7.99. The third-order valence-corrected chi connectivity index (χ3v) is 6.97. The number of ether oxygens (including phenoxy) is 1. The van der Waals surface area contributed by atoms with Gasteiger partial charge < -0.3 is 4.74 Å². The monoisotopic (exact) mass is 314 g/mol. The van der Waals surface area contributed by atoms with Crippen molar-refractivity contribution in [2.75, 3.05) is 18.1 Å². The van der Waals surface area contributed by atoms with Crippen LogP contribution < -0.4 is 0 Å². The summed E-state index contributed by atoms with van der Waals surface area (Å²) in [6.45, 7) is 0.648. The fourth-order valence-electron chi connectivity index (χ4n) is 3.04. The van der Waals surface area contributed by atoms with Crippen molar-refractivity contribution in [2.45, 2.75) is 41.4 Å². The summed E-state index contributed by atoms with van der Waals surface area (Å²) in [4.78, 5) is 0.347. The molecule has 2 aliphatic rings. The average molecular weight is 314 g/mol. The van der Waals surface area contributed by atoms with Gasteiger partial charge >= 0.3 is 0 Å². The predicted octanol–water partition coefficient (Wildman–Crippen LogP) is 3.38. The minimum absolute atomic E-state index is 0.0174. The Hall–Kier alpha value is -0.390. The maximum Gasteiger partial charge on any atom is 0.139 e. The van der Waals surface area contributed by atoms with Gasteiger partial charge in [-0.25, -0.2) is 4.39 Å². The summed E-state index contributed by atoms with van der Waals surface area (Å²) in [5.41, 5.74) is -0.102. The number of rotatable bonds is 2. The minimum atomic E-state index is -1.27. The molecule has 0 bridgehead atoms. The van der Waals surface area contributed by atoms with E-state index in [2.05, 4.69) is 0 Å². The summed E-state index contributed by atoms with van der Waals surface area (Å²) < 4.78 is 32.5. The molecule has 3 rings (SSSR count). The van der Waals surface area contributed by atoms with Gasteiger partial charge in [0.2, 0.25) is 0 Å². The van der Waals surface area contributed by atoms with Gasteiger partial charge in [-0.15, -0.1) is 0 Å². The van der Waals surface area contributed by atoms with Crippen LogP contribution in [0.15, 0.2) is 29.2 Å². The molecule has 0 aromatic heterocycles. The van der Waals surface area contributed by atoms with E-state index >= 15 is 0 Å². The van der Waals surface area contributed by atoms with Crippen LogP contribution in [0.1, 0.15) is 25.7 Å². The van der Waals surface area contributed by atoms with Gasteiger partial charge in [-0.2, -0.15) is 11.8 Å². The molecule has 1 aromatic rings. The lowest BCUT2D eigenvalue weighted by Gasteiger charge is -2.43. The maximum absolute atomic E-state index is 13.8. The van der Waals surface area contributed by atoms with Gasteiger partial charge in [0, 0.05) is 11.9 Å². The smallest absolute Gasteiger partial charge is 0.139 e. The highest BCUT2D eigenvalue weighted by Gasteiger charge is 2.41. The Morgan fingerprint density at radius 3 is 2.80 bits per heavy atom. The van der Waals surface area contributed by atoms with Crippen LogP contribution in [0.4, 0.5) is 4.39 Å². The molecule has 0 saturated carbocycles. The molecular weight excluding hydrogens is 295 g/mol. The predicted molar refractivity (Wildman–Crippen MR) is 81.1 cm³/mol. The molecule has 0 aliphatic carbocycles. The van der Waals surface area contributed by atoms with E-state index in [9.17, 15) is 8.60 Å². The molecule has 0 amide bonds. The van der Waals surface area contributed by atoms with Crippen LogP contribution in [0.3, 0.4) is 0 Å². The van der Waals surface area contributed by atoms with Crippen molar-refractivity contribution in [3.05, 3.63) is 30.1 Å². The first-order valence-electron chi connectivity index (χ1n) is 7.07. The zero-order valence-electron chi connectivity index (χ0n) is 11.3. The van der Waals surface area contributed by atoms with Crippen LogP contribution in [0.25, 0.3) is 0 Å². The maximum atomic E-state index is 13.8. The van der Waals surface area contributed by atoms with Gasteiger partial charge in [0.1, 0.15) is 5.82 Å². The standard InChI is InChI=1S/C15H19FO2S2/c16-13-3-1-2-4-14(13)20(17)12-5-8-18-15(11-12)6-9-19-10-7-15/h1-4,12H,5-11H2. The number of benzene rings is 1. The molecule has 20 heavy (non-hydrogen) atoms. The molecule has 2 saturated heterocycles. The van der Waals surface area contributed by atoms with E-state index in [4.69, 9.17) is 4.74 Å². The zero-order valence-corrected chi connectivity index (χ0v) is 13.0. The summed E-state index contributed by atoms with van der Waals surface area (Å²) in [5.74, 6) is 1.86. The summed E-state index contributed by atoms with van der Waals surface area (Å²) in [5, 5.41) is 0.0174. The third kappa shape index (κ3) is 2.95. The Morgan fingerprint density at radius 2 is 2.05 bits per heavy atom. The average Bonchev–Trinajstić information content (AvgIpc) is 2.48. The summed E-state index contributed by atoms with van der Waals surface area (Å²) in [6, 6.07) is 6.42. The fourth-order valence-corrected chi connectivity index (χ4v) is 5.88. The molecule has 2 fully saturated rings. The molecule has 1 aromatic carbocycles. The van der Waals surface area contributed by atoms with E-state index in [0.717, 1.165) is 37.2 Å². The van der Waals surface area contributed by atoms with Crippen LogP contribution in [-0.2, 0) is 15.5 Å². The highest BCUT2D eigenvalue weighted by atomic mass is 32.2. The number of hydrogen-bond donors (Lipinski definition) is 0. The van der Waals surface area contributed by atoms with Gasteiger partial charge in [0.05, 0.1) is 21.3 Å². The Labute approximate surface area is 125 Å². The Bertz CT molecular complexity index is 495. The fraction of sp³-hybridized carbons (Fsp3) is 0.600. The number of hydrogen-bond acceptors (Lipinski definition) is 3. The van der Waals surface area contributed by atoms with Crippen LogP contribution >= 0.6 is 11.8 Å². The topological polar surface area (TPSA) is 26.3 Å². The van der Waals surface area contributed by atoms with Gasteiger partial charge in [-0.3, -0.25) is 4.21 Å². The summed E-state index contributed by atoms with van der Waals surface area (Å²) in [6.07, 6.45) is 3.62. The van der Waals surface area contributed by atoms with Crippen LogP contribution in [0, 0.1) is 5.82 Å². The van der Waals surface area contributed by atoms with Crippen molar-refractivity contribution >= 4 is 22.6 Å². The van der Waals surface area contributed by atoms with Crippen LogP contribution in [-0.4, -0.2) is 33.2 Å². The van der Waals surface area contributed by atoms with Crippen LogP contribution in [0.2, 0.25) is 0 Å². The zero-order chi connectivity index (χ0) is 14.0. The Morgan fingerprint density at radius 1 is 1.30 bits per heavy atom.